The number of piperidine rings is 1. The molecule has 5 nitrogen and oxygen atoms in total. The van der Waals surface area contributed by atoms with Crippen LogP contribution >= 0.6 is 0 Å². The Bertz CT molecular complexity index is 591. The van der Waals surface area contributed by atoms with Gasteiger partial charge >= 0.3 is 0 Å². The summed E-state index contributed by atoms with van der Waals surface area (Å²) in [5.74, 6) is 0.965. The number of amides is 1. The monoisotopic (exact) mass is 284 g/mol. The van der Waals surface area contributed by atoms with E-state index < -0.39 is 0 Å². The minimum Gasteiger partial charge on any atom is -0.332 e. The van der Waals surface area contributed by atoms with E-state index in [1.165, 1.54) is 11.9 Å². The van der Waals surface area contributed by atoms with Crippen LogP contribution < -0.4 is 0 Å². The highest BCUT2D eigenvalue weighted by Crippen LogP contribution is 2.29. The number of rotatable bonds is 3. The topological polar surface area (TPSA) is 61.9 Å². The minimum absolute atomic E-state index is 0.0409. The molecular formula is C16H20N4O. The van der Waals surface area contributed by atoms with Crippen molar-refractivity contribution in [3.63, 3.8) is 0 Å². The van der Waals surface area contributed by atoms with Gasteiger partial charge in [0.05, 0.1) is 12.5 Å². The van der Waals surface area contributed by atoms with Gasteiger partial charge in [0.2, 0.25) is 5.91 Å². The van der Waals surface area contributed by atoms with Crippen LogP contribution in [0, 0.1) is 6.92 Å². The fourth-order valence-electron chi connectivity index (χ4n) is 2.87. The first kappa shape index (κ1) is 13.8. The summed E-state index contributed by atoms with van der Waals surface area (Å²) in [7, 11) is 0. The number of carbonyl (C=O) groups excluding carboxylic acids is 1. The smallest absolute Gasteiger partial charge is 0.227 e. The Morgan fingerprint density at radius 1 is 1.33 bits per heavy atom. The molecule has 1 aromatic heterocycles. The maximum Gasteiger partial charge on any atom is 0.227 e. The molecule has 1 amide bonds. The highest BCUT2D eigenvalue weighted by molar-refractivity contribution is 5.79. The number of hydrogen-bond acceptors (Lipinski definition) is 3. The third-order valence-corrected chi connectivity index (χ3v) is 4.05. The Morgan fingerprint density at radius 2 is 2.14 bits per heavy atom. The van der Waals surface area contributed by atoms with Gasteiger partial charge in [0.1, 0.15) is 12.2 Å². The van der Waals surface area contributed by atoms with Crippen LogP contribution in [-0.2, 0) is 11.2 Å². The normalized spacial score (nSPS) is 18.7. The molecule has 110 valence electrons. The molecule has 0 saturated carbocycles. The van der Waals surface area contributed by atoms with Crippen molar-refractivity contribution in [3.05, 3.63) is 47.5 Å². The van der Waals surface area contributed by atoms with E-state index >= 15 is 0 Å². The fraction of sp³-hybridized carbons (Fsp3) is 0.438. The van der Waals surface area contributed by atoms with Crippen molar-refractivity contribution in [2.45, 2.75) is 38.6 Å². The summed E-state index contributed by atoms with van der Waals surface area (Å²) in [5, 5.41) is 6.82. The molecule has 1 aliphatic heterocycles. The minimum atomic E-state index is 0.0409. The Morgan fingerprint density at radius 3 is 2.86 bits per heavy atom. The Kier molecular flexibility index (Phi) is 3.99. The average molecular weight is 284 g/mol. The molecule has 3 rings (SSSR count). The third kappa shape index (κ3) is 3.12. The number of hydrogen-bond donors (Lipinski definition) is 1. The molecule has 1 N–H and O–H groups in total. The quantitative estimate of drug-likeness (QED) is 0.941. The van der Waals surface area contributed by atoms with Crippen LogP contribution in [0.2, 0.25) is 0 Å². The molecule has 1 aromatic carbocycles. The maximum atomic E-state index is 12.6. The molecule has 0 radical (unpaired) electrons. The van der Waals surface area contributed by atoms with Gasteiger partial charge in [0, 0.05) is 6.54 Å². The van der Waals surface area contributed by atoms with Crippen LogP contribution in [-0.4, -0.2) is 32.5 Å². The Labute approximate surface area is 124 Å². The van der Waals surface area contributed by atoms with E-state index in [9.17, 15) is 4.79 Å². The van der Waals surface area contributed by atoms with Crippen molar-refractivity contribution in [2.75, 3.05) is 6.54 Å². The Hall–Kier alpha value is -2.17. The lowest BCUT2D eigenvalue weighted by Gasteiger charge is -2.34. The van der Waals surface area contributed by atoms with Gasteiger partial charge < -0.3 is 4.90 Å². The van der Waals surface area contributed by atoms with Crippen LogP contribution in [0.1, 0.15) is 42.3 Å². The molecule has 1 saturated heterocycles. The van der Waals surface area contributed by atoms with Crippen LogP contribution in [0.4, 0.5) is 0 Å². The van der Waals surface area contributed by atoms with Crippen molar-refractivity contribution in [1.29, 1.82) is 0 Å². The second-order valence-corrected chi connectivity index (χ2v) is 5.63. The van der Waals surface area contributed by atoms with E-state index in [0.717, 1.165) is 37.2 Å². The summed E-state index contributed by atoms with van der Waals surface area (Å²) in [6.45, 7) is 2.85. The summed E-state index contributed by atoms with van der Waals surface area (Å²) in [6, 6.07) is 8.19. The molecule has 1 atom stereocenters. The molecule has 0 aliphatic carbocycles. The highest BCUT2D eigenvalue weighted by Gasteiger charge is 2.29. The van der Waals surface area contributed by atoms with E-state index in [1.54, 1.807) is 0 Å². The molecule has 21 heavy (non-hydrogen) atoms. The van der Waals surface area contributed by atoms with E-state index in [1.807, 2.05) is 29.2 Å². The second kappa shape index (κ2) is 6.08. The lowest BCUT2D eigenvalue weighted by atomic mass is 10.00. The standard InChI is InChI=1S/C16H20N4O/c1-12-5-7-13(8-6-12)10-15(21)20-9-3-2-4-14(20)16-17-11-18-19-16/h5-8,11,14H,2-4,9-10H2,1H3,(H,17,18,19)/t14-/m1/s1. The number of benzene rings is 1. The van der Waals surface area contributed by atoms with Crippen LogP contribution in [0.25, 0.3) is 0 Å². The third-order valence-electron chi connectivity index (χ3n) is 4.05. The van der Waals surface area contributed by atoms with Gasteiger partial charge in [-0.05, 0) is 31.7 Å². The molecule has 0 unspecified atom stereocenters. The van der Waals surface area contributed by atoms with Gasteiger partial charge in [0.25, 0.3) is 0 Å². The fourth-order valence-corrected chi connectivity index (χ4v) is 2.87. The van der Waals surface area contributed by atoms with E-state index in [2.05, 4.69) is 22.1 Å². The zero-order valence-corrected chi connectivity index (χ0v) is 12.2. The largest absolute Gasteiger partial charge is 0.332 e. The zero-order chi connectivity index (χ0) is 14.7. The number of likely N-dealkylation sites (tertiary alicyclic amines) is 1. The number of aromatic amines is 1. The average Bonchev–Trinajstić information content (AvgIpc) is 3.04. The number of carbonyl (C=O) groups is 1. The van der Waals surface area contributed by atoms with Gasteiger partial charge in [-0.3, -0.25) is 9.89 Å². The molecule has 0 bridgehead atoms. The van der Waals surface area contributed by atoms with Gasteiger partial charge in [-0.1, -0.05) is 29.8 Å². The molecule has 1 fully saturated rings. The molecule has 5 heteroatoms. The number of H-pyrrole nitrogens is 1. The predicted molar refractivity (Wildman–Crippen MR) is 79.6 cm³/mol. The van der Waals surface area contributed by atoms with Crippen LogP contribution in [0.5, 0.6) is 0 Å². The summed E-state index contributed by atoms with van der Waals surface area (Å²) in [4.78, 5) is 18.8. The molecular weight excluding hydrogens is 264 g/mol. The number of aromatic nitrogens is 3. The summed E-state index contributed by atoms with van der Waals surface area (Å²) in [6.07, 6.45) is 5.09. The summed E-state index contributed by atoms with van der Waals surface area (Å²) >= 11 is 0. The van der Waals surface area contributed by atoms with Crippen molar-refractivity contribution < 1.29 is 4.79 Å². The second-order valence-electron chi connectivity index (χ2n) is 5.63. The van der Waals surface area contributed by atoms with Gasteiger partial charge in [-0.15, -0.1) is 0 Å². The van der Waals surface area contributed by atoms with Crippen molar-refractivity contribution in [1.82, 2.24) is 20.1 Å². The summed E-state index contributed by atoms with van der Waals surface area (Å²) in [5.41, 5.74) is 2.27. The highest BCUT2D eigenvalue weighted by atomic mass is 16.2. The Balaban J connectivity index is 1.73. The van der Waals surface area contributed by atoms with Gasteiger partial charge in [-0.25, -0.2) is 4.98 Å². The van der Waals surface area contributed by atoms with Crippen molar-refractivity contribution >= 4 is 5.91 Å². The lowest BCUT2D eigenvalue weighted by molar-refractivity contribution is -0.134. The first-order valence-electron chi connectivity index (χ1n) is 7.44. The first-order valence-corrected chi connectivity index (χ1v) is 7.44. The molecule has 1 aliphatic rings. The van der Waals surface area contributed by atoms with Gasteiger partial charge in [0.15, 0.2) is 0 Å². The van der Waals surface area contributed by atoms with E-state index in [-0.39, 0.29) is 11.9 Å². The predicted octanol–water partition coefficient (Wildman–Crippen LogP) is 2.41. The summed E-state index contributed by atoms with van der Waals surface area (Å²) < 4.78 is 0. The van der Waals surface area contributed by atoms with Gasteiger partial charge in [-0.2, -0.15) is 5.10 Å². The number of nitrogens with one attached hydrogen (secondary N) is 1. The molecule has 0 spiro atoms. The maximum absolute atomic E-state index is 12.6. The van der Waals surface area contributed by atoms with Crippen molar-refractivity contribution in [3.8, 4) is 0 Å². The lowest BCUT2D eigenvalue weighted by Crippen LogP contribution is -2.39. The SMILES string of the molecule is Cc1ccc(CC(=O)N2CCCC[C@@H]2c2ncn[nH]2)cc1. The van der Waals surface area contributed by atoms with Crippen LogP contribution in [0.3, 0.4) is 0 Å². The first-order chi connectivity index (χ1) is 10.2. The van der Waals surface area contributed by atoms with Crippen molar-refractivity contribution in [2.24, 2.45) is 0 Å². The molecule has 2 aromatic rings. The zero-order valence-electron chi connectivity index (χ0n) is 12.2. The van der Waals surface area contributed by atoms with E-state index in [0.29, 0.717) is 6.42 Å². The van der Waals surface area contributed by atoms with Crippen LogP contribution in [0.15, 0.2) is 30.6 Å². The number of nitrogens with zero attached hydrogens (tertiary/aromatic N) is 3. The van der Waals surface area contributed by atoms with E-state index in [4.69, 9.17) is 0 Å². The molecule has 2 heterocycles. The number of aryl methyl sites for hydroxylation is 1.